The van der Waals surface area contributed by atoms with Crippen LogP contribution in [0.4, 0.5) is 0 Å². The van der Waals surface area contributed by atoms with Crippen LogP contribution in [0.25, 0.3) is 0 Å². The molecule has 1 aliphatic heterocycles. The molecule has 2 fully saturated rings. The van der Waals surface area contributed by atoms with Crippen LogP contribution < -0.4 is 5.32 Å². The van der Waals surface area contributed by atoms with Crippen molar-refractivity contribution >= 4 is 0 Å². The van der Waals surface area contributed by atoms with Gasteiger partial charge in [0.15, 0.2) is 0 Å². The molecule has 0 spiro atoms. The lowest BCUT2D eigenvalue weighted by Gasteiger charge is -2.42. The van der Waals surface area contributed by atoms with Gasteiger partial charge in [-0.25, -0.2) is 0 Å². The summed E-state index contributed by atoms with van der Waals surface area (Å²) in [5.41, 5.74) is 0.353. The van der Waals surface area contributed by atoms with E-state index in [-0.39, 0.29) is 0 Å². The first-order valence-corrected chi connectivity index (χ1v) is 8.82. The van der Waals surface area contributed by atoms with Crippen molar-refractivity contribution in [3.05, 3.63) is 0 Å². The van der Waals surface area contributed by atoms with Gasteiger partial charge in [-0.2, -0.15) is 0 Å². The molecule has 1 unspecified atom stereocenters. The molecule has 0 amide bonds. The molecule has 2 aliphatic rings. The van der Waals surface area contributed by atoms with Gasteiger partial charge in [-0.1, -0.05) is 26.7 Å². The van der Waals surface area contributed by atoms with Crippen molar-refractivity contribution in [3.8, 4) is 0 Å². The van der Waals surface area contributed by atoms with Gasteiger partial charge in [0, 0.05) is 31.2 Å². The Balaban J connectivity index is 1.93. The molecule has 3 heteroatoms. The molecule has 2 rings (SSSR count). The summed E-state index contributed by atoms with van der Waals surface area (Å²) >= 11 is 0. The second kappa shape index (κ2) is 8.35. The smallest absolute Gasteiger partial charge is 0.0546 e. The Morgan fingerprint density at radius 1 is 1.20 bits per heavy atom. The fraction of sp³-hybridized carbons (Fsp3) is 1.00. The van der Waals surface area contributed by atoms with E-state index in [1.54, 1.807) is 0 Å². The SMILES string of the molecule is CCCNCC1(CN(CC)C2CCCC2)CCCOC1. The van der Waals surface area contributed by atoms with Gasteiger partial charge in [0.05, 0.1) is 6.61 Å². The summed E-state index contributed by atoms with van der Waals surface area (Å²) < 4.78 is 5.86. The lowest BCUT2D eigenvalue weighted by molar-refractivity contribution is -0.0316. The van der Waals surface area contributed by atoms with E-state index in [1.165, 1.54) is 58.0 Å². The molecular formula is C17H34N2O. The first-order valence-electron chi connectivity index (χ1n) is 8.82. The van der Waals surface area contributed by atoms with E-state index in [9.17, 15) is 0 Å². The number of hydrogen-bond acceptors (Lipinski definition) is 3. The van der Waals surface area contributed by atoms with Crippen molar-refractivity contribution in [3.63, 3.8) is 0 Å². The van der Waals surface area contributed by atoms with Crippen molar-refractivity contribution in [2.24, 2.45) is 5.41 Å². The molecule has 0 radical (unpaired) electrons. The minimum atomic E-state index is 0.353. The summed E-state index contributed by atoms with van der Waals surface area (Å²) in [5.74, 6) is 0. The molecule has 1 heterocycles. The van der Waals surface area contributed by atoms with Crippen LogP contribution in [0, 0.1) is 5.41 Å². The van der Waals surface area contributed by atoms with E-state index in [0.29, 0.717) is 5.41 Å². The van der Waals surface area contributed by atoms with Gasteiger partial charge in [-0.3, -0.25) is 4.90 Å². The van der Waals surface area contributed by atoms with Gasteiger partial charge >= 0.3 is 0 Å². The van der Waals surface area contributed by atoms with Crippen LogP contribution in [-0.2, 0) is 4.74 Å². The maximum absolute atomic E-state index is 5.86. The topological polar surface area (TPSA) is 24.5 Å². The molecule has 118 valence electrons. The molecule has 1 atom stereocenters. The molecule has 0 aromatic carbocycles. The number of nitrogens with zero attached hydrogens (tertiary/aromatic N) is 1. The predicted octanol–water partition coefficient (Wildman–Crippen LogP) is 3.05. The Morgan fingerprint density at radius 2 is 2.00 bits per heavy atom. The molecule has 1 N–H and O–H groups in total. The zero-order valence-electron chi connectivity index (χ0n) is 13.6. The first-order chi connectivity index (χ1) is 9.79. The van der Waals surface area contributed by atoms with Crippen molar-refractivity contribution in [1.82, 2.24) is 10.2 Å². The zero-order valence-corrected chi connectivity index (χ0v) is 13.6. The third-order valence-electron chi connectivity index (χ3n) is 5.12. The molecule has 1 saturated carbocycles. The highest BCUT2D eigenvalue weighted by molar-refractivity contribution is 4.90. The van der Waals surface area contributed by atoms with Crippen LogP contribution in [0.15, 0.2) is 0 Å². The van der Waals surface area contributed by atoms with Crippen molar-refractivity contribution in [1.29, 1.82) is 0 Å². The van der Waals surface area contributed by atoms with E-state index in [2.05, 4.69) is 24.1 Å². The van der Waals surface area contributed by atoms with E-state index >= 15 is 0 Å². The van der Waals surface area contributed by atoms with Crippen LogP contribution in [-0.4, -0.2) is 50.3 Å². The van der Waals surface area contributed by atoms with Gasteiger partial charge in [-0.05, 0) is 45.2 Å². The quantitative estimate of drug-likeness (QED) is 0.693. The summed E-state index contributed by atoms with van der Waals surface area (Å²) in [5, 5.41) is 3.66. The summed E-state index contributed by atoms with van der Waals surface area (Å²) in [6, 6.07) is 0.838. The Labute approximate surface area is 125 Å². The molecule has 0 aromatic rings. The summed E-state index contributed by atoms with van der Waals surface area (Å²) in [4.78, 5) is 2.75. The van der Waals surface area contributed by atoms with Gasteiger partial charge in [0.25, 0.3) is 0 Å². The summed E-state index contributed by atoms with van der Waals surface area (Å²) in [7, 11) is 0. The number of hydrogen-bond donors (Lipinski definition) is 1. The third-order valence-corrected chi connectivity index (χ3v) is 5.12. The van der Waals surface area contributed by atoms with Gasteiger partial charge in [-0.15, -0.1) is 0 Å². The van der Waals surface area contributed by atoms with Gasteiger partial charge < -0.3 is 10.1 Å². The molecule has 0 aromatic heterocycles. The normalized spacial score (nSPS) is 28.4. The number of ether oxygens (including phenoxy) is 1. The zero-order chi connectivity index (χ0) is 14.3. The van der Waals surface area contributed by atoms with Crippen LogP contribution >= 0.6 is 0 Å². The van der Waals surface area contributed by atoms with Crippen LogP contribution in [0.5, 0.6) is 0 Å². The Kier molecular flexibility index (Phi) is 6.79. The fourth-order valence-electron chi connectivity index (χ4n) is 3.96. The first kappa shape index (κ1) is 16.3. The molecule has 1 aliphatic carbocycles. The molecule has 1 saturated heterocycles. The second-order valence-corrected chi connectivity index (χ2v) is 6.83. The minimum Gasteiger partial charge on any atom is -0.381 e. The molecule has 20 heavy (non-hydrogen) atoms. The lowest BCUT2D eigenvalue weighted by atomic mass is 9.81. The van der Waals surface area contributed by atoms with E-state index in [0.717, 1.165) is 32.3 Å². The van der Waals surface area contributed by atoms with Crippen molar-refractivity contribution in [2.75, 3.05) is 39.4 Å². The van der Waals surface area contributed by atoms with Gasteiger partial charge in [0.2, 0.25) is 0 Å². The monoisotopic (exact) mass is 282 g/mol. The highest BCUT2D eigenvalue weighted by atomic mass is 16.5. The Morgan fingerprint density at radius 3 is 2.60 bits per heavy atom. The van der Waals surface area contributed by atoms with E-state index in [4.69, 9.17) is 4.74 Å². The number of rotatable bonds is 8. The van der Waals surface area contributed by atoms with E-state index < -0.39 is 0 Å². The summed E-state index contributed by atoms with van der Waals surface area (Å²) in [6.45, 7) is 11.2. The fourth-order valence-corrected chi connectivity index (χ4v) is 3.96. The van der Waals surface area contributed by atoms with Crippen LogP contribution in [0.1, 0.15) is 58.8 Å². The third kappa shape index (κ3) is 4.44. The van der Waals surface area contributed by atoms with Crippen molar-refractivity contribution in [2.45, 2.75) is 64.8 Å². The second-order valence-electron chi connectivity index (χ2n) is 6.83. The average Bonchev–Trinajstić information content (AvgIpc) is 3.00. The van der Waals surface area contributed by atoms with Crippen LogP contribution in [0.3, 0.4) is 0 Å². The van der Waals surface area contributed by atoms with Crippen LogP contribution in [0.2, 0.25) is 0 Å². The van der Waals surface area contributed by atoms with Crippen molar-refractivity contribution < 1.29 is 4.74 Å². The Hall–Kier alpha value is -0.120. The maximum atomic E-state index is 5.86. The lowest BCUT2D eigenvalue weighted by Crippen LogP contribution is -2.51. The minimum absolute atomic E-state index is 0.353. The average molecular weight is 282 g/mol. The summed E-state index contributed by atoms with van der Waals surface area (Å²) in [6.07, 6.45) is 9.46. The van der Waals surface area contributed by atoms with E-state index in [1.807, 2.05) is 0 Å². The highest BCUT2D eigenvalue weighted by Crippen LogP contribution is 2.32. The predicted molar refractivity (Wildman–Crippen MR) is 85.1 cm³/mol. The molecular weight excluding hydrogens is 248 g/mol. The standard InChI is InChI=1S/C17H34N2O/c1-3-11-18-13-17(10-7-12-20-15-17)14-19(4-2)16-8-5-6-9-16/h16,18H,3-15H2,1-2H3. The maximum Gasteiger partial charge on any atom is 0.0546 e. The molecule has 0 bridgehead atoms. The molecule has 3 nitrogen and oxygen atoms in total. The highest BCUT2D eigenvalue weighted by Gasteiger charge is 2.36. The van der Waals surface area contributed by atoms with Gasteiger partial charge in [0.1, 0.15) is 0 Å². The largest absolute Gasteiger partial charge is 0.381 e. The number of nitrogens with one attached hydrogen (secondary N) is 1. The Bertz CT molecular complexity index is 258.